The monoisotopic (exact) mass is 584 g/mol. The summed E-state index contributed by atoms with van der Waals surface area (Å²) in [6.45, 7) is 4.92. The number of carbonyl (C=O) groups excluding carboxylic acids is 1. The number of anilines is 4. The molecule has 2 fully saturated rings. The number of hydrogen-bond acceptors (Lipinski definition) is 7. The van der Waals surface area contributed by atoms with E-state index in [0.717, 1.165) is 6.08 Å². The van der Waals surface area contributed by atoms with Gasteiger partial charge in [0.15, 0.2) is 5.82 Å². The Kier molecular flexibility index (Phi) is 8.24. The maximum absolute atomic E-state index is 14.3. The summed E-state index contributed by atoms with van der Waals surface area (Å²) < 4.78 is 50.0. The first-order valence-electron chi connectivity index (χ1n) is 11.8. The number of nitrogens with zero attached hydrogens (tertiary/aromatic N) is 4. The molecule has 200 valence electrons. The zero-order valence-electron chi connectivity index (χ0n) is 20.2. The van der Waals surface area contributed by atoms with Crippen LogP contribution in [0.3, 0.4) is 0 Å². The standard InChI is InChI=1S/C24H28BrF3N6O3/c1-3-21(35)30-17-12-15(29-22-23(36)32(2)14-20(25)31-22)4-5-18(17)34-9-8-33(13-19(34)24(26,27)28)16-6-10-37-11-7-16/h3-5,12,14,16,19H,1,6-11,13H2,2H3,(H,29,31)(H,30,35). The fraction of sp³-hybridized carbons (Fsp3) is 0.458. The molecule has 3 heterocycles. The number of halogens is 4. The van der Waals surface area contributed by atoms with Crippen LogP contribution < -0.4 is 21.1 Å². The number of nitrogens with one attached hydrogen (secondary N) is 2. The van der Waals surface area contributed by atoms with Crippen LogP contribution in [0.1, 0.15) is 12.8 Å². The fourth-order valence-electron chi connectivity index (χ4n) is 4.69. The summed E-state index contributed by atoms with van der Waals surface area (Å²) in [5.41, 5.74) is 0.362. The Labute approximate surface area is 220 Å². The van der Waals surface area contributed by atoms with E-state index in [1.54, 1.807) is 13.1 Å². The van der Waals surface area contributed by atoms with Gasteiger partial charge in [-0.2, -0.15) is 13.2 Å². The quantitative estimate of drug-likeness (QED) is 0.501. The molecule has 1 atom stereocenters. The maximum atomic E-state index is 14.3. The van der Waals surface area contributed by atoms with Crippen LogP contribution in [0.15, 0.2) is 46.4 Å². The number of alkyl halides is 3. The van der Waals surface area contributed by atoms with Crippen molar-refractivity contribution < 1.29 is 22.7 Å². The Hall–Kier alpha value is -2.90. The van der Waals surface area contributed by atoms with E-state index in [0.29, 0.717) is 42.9 Å². The molecule has 2 aromatic rings. The zero-order chi connectivity index (χ0) is 26.7. The smallest absolute Gasteiger partial charge is 0.381 e. The Morgan fingerprint density at radius 3 is 2.68 bits per heavy atom. The lowest BCUT2D eigenvalue weighted by atomic mass is 10.0. The van der Waals surface area contributed by atoms with Crippen LogP contribution in [0.5, 0.6) is 0 Å². The third kappa shape index (κ3) is 6.33. The third-order valence-electron chi connectivity index (χ3n) is 6.55. The minimum absolute atomic E-state index is 0.0175. The highest BCUT2D eigenvalue weighted by Gasteiger charge is 2.48. The van der Waals surface area contributed by atoms with Gasteiger partial charge in [0.05, 0.1) is 11.4 Å². The number of aromatic nitrogens is 2. The topological polar surface area (TPSA) is 91.7 Å². The van der Waals surface area contributed by atoms with Crippen LogP contribution in [-0.2, 0) is 16.6 Å². The molecule has 9 nitrogen and oxygen atoms in total. The Morgan fingerprint density at radius 1 is 1.27 bits per heavy atom. The van der Waals surface area contributed by atoms with Crippen molar-refractivity contribution in [2.24, 2.45) is 7.05 Å². The van der Waals surface area contributed by atoms with Crippen molar-refractivity contribution in [2.45, 2.75) is 31.1 Å². The normalized spacial score (nSPS) is 19.5. The molecule has 0 saturated carbocycles. The molecule has 2 aliphatic rings. The van der Waals surface area contributed by atoms with E-state index in [4.69, 9.17) is 4.74 Å². The molecule has 1 aromatic heterocycles. The number of amides is 1. The summed E-state index contributed by atoms with van der Waals surface area (Å²) in [5, 5.41) is 5.51. The van der Waals surface area contributed by atoms with Gasteiger partial charge in [-0.3, -0.25) is 14.5 Å². The van der Waals surface area contributed by atoms with Gasteiger partial charge in [-0.25, -0.2) is 4.98 Å². The molecule has 1 amide bonds. The van der Waals surface area contributed by atoms with Gasteiger partial charge in [0, 0.05) is 57.8 Å². The van der Waals surface area contributed by atoms with E-state index < -0.39 is 23.7 Å². The van der Waals surface area contributed by atoms with Gasteiger partial charge in [0.1, 0.15) is 10.6 Å². The summed E-state index contributed by atoms with van der Waals surface area (Å²) >= 11 is 3.24. The third-order valence-corrected chi connectivity index (χ3v) is 6.93. The van der Waals surface area contributed by atoms with Crippen LogP contribution in [-0.4, -0.2) is 71.5 Å². The number of ether oxygens (including phenoxy) is 1. The second-order valence-corrected chi connectivity index (χ2v) is 9.78. The van der Waals surface area contributed by atoms with Crippen LogP contribution in [0.25, 0.3) is 0 Å². The van der Waals surface area contributed by atoms with Crippen molar-refractivity contribution >= 4 is 44.7 Å². The summed E-state index contributed by atoms with van der Waals surface area (Å²) in [6.07, 6.45) is -0.542. The average Bonchev–Trinajstić information content (AvgIpc) is 2.87. The first-order chi connectivity index (χ1) is 17.6. The minimum Gasteiger partial charge on any atom is -0.381 e. The SMILES string of the molecule is C=CC(=O)Nc1cc(Nc2nc(Br)cn(C)c2=O)ccc1N1CCN(C2CCOCC2)CC1C(F)(F)F. The Balaban J connectivity index is 1.67. The lowest BCUT2D eigenvalue weighted by Crippen LogP contribution is -2.61. The predicted octanol–water partition coefficient (Wildman–Crippen LogP) is 3.64. The van der Waals surface area contributed by atoms with Gasteiger partial charge in [-0.1, -0.05) is 6.58 Å². The van der Waals surface area contributed by atoms with Gasteiger partial charge in [0.2, 0.25) is 5.91 Å². The number of hydrogen-bond donors (Lipinski definition) is 2. The molecule has 2 aliphatic heterocycles. The molecule has 37 heavy (non-hydrogen) atoms. The van der Waals surface area contributed by atoms with Crippen LogP contribution in [0, 0.1) is 0 Å². The van der Waals surface area contributed by atoms with E-state index in [9.17, 15) is 22.8 Å². The van der Waals surface area contributed by atoms with Gasteiger partial charge >= 0.3 is 6.18 Å². The average molecular weight is 585 g/mol. The van der Waals surface area contributed by atoms with Crippen molar-refractivity contribution in [3.8, 4) is 0 Å². The van der Waals surface area contributed by atoms with Gasteiger partial charge in [-0.15, -0.1) is 0 Å². The van der Waals surface area contributed by atoms with Gasteiger partial charge in [0.25, 0.3) is 5.56 Å². The molecular weight excluding hydrogens is 557 g/mol. The minimum atomic E-state index is -4.49. The highest BCUT2D eigenvalue weighted by Crippen LogP contribution is 2.38. The molecule has 0 bridgehead atoms. The number of benzene rings is 1. The second kappa shape index (κ2) is 11.2. The first-order valence-corrected chi connectivity index (χ1v) is 12.6. The van der Waals surface area contributed by atoms with E-state index >= 15 is 0 Å². The largest absolute Gasteiger partial charge is 0.409 e. The Morgan fingerprint density at radius 2 is 2.00 bits per heavy atom. The molecule has 0 spiro atoms. The summed E-state index contributed by atoms with van der Waals surface area (Å²) in [7, 11) is 1.57. The van der Waals surface area contributed by atoms with E-state index in [1.807, 2.05) is 4.90 Å². The molecule has 0 radical (unpaired) electrons. The van der Waals surface area contributed by atoms with Gasteiger partial charge in [-0.05, 0) is 53.0 Å². The maximum Gasteiger partial charge on any atom is 0.409 e. The molecule has 0 aliphatic carbocycles. The van der Waals surface area contributed by atoms with Crippen molar-refractivity contribution in [1.82, 2.24) is 14.5 Å². The summed E-state index contributed by atoms with van der Waals surface area (Å²) in [4.78, 5) is 32.0. The number of rotatable bonds is 6. The molecule has 13 heteroatoms. The zero-order valence-corrected chi connectivity index (χ0v) is 21.8. The second-order valence-electron chi connectivity index (χ2n) is 8.97. The van der Waals surface area contributed by atoms with E-state index in [2.05, 4.69) is 38.1 Å². The van der Waals surface area contributed by atoms with Crippen molar-refractivity contribution in [3.63, 3.8) is 0 Å². The van der Waals surface area contributed by atoms with E-state index in [1.165, 1.54) is 27.8 Å². The molecule has 2 saturated heterocycles. The van der Waals surface area contributed by atoms with Crippen molar-refractivity contribution in [3.05, 3.63) is 52.0 Å². The lowest BCUT2D eigenvalue weighted by molar-refractivity contribution is -0.159. The Bertz CT molecular complexity index is 1220. The van der Waals surface area contributed by atoms with Crippen LogP contribution in [0.4, 0.5) is 36.1 Å². The number of carbonyl (C=O) groups is 1. The van der Waals surface area contributed by atoms with Crippen molar-refractivity contribution in [1.29, 1.82) is 0 Å². The highest BCUT2D eigenvalue weighted by atomic mass is 79.9. The van der Waals surface area contributed by atoms with Crippen molar-refractivity contribution in [2.75, 3.05) is 48.4 Å². The molecule has 2 N–H and O–H groups in total. The molecule has 1 aromatic carbocycles. The fourth-order valence-corrected chi connectivity index (χ4v) is 5.17. The molecular formula is C24H28BrF3N6O3. The molecule has 1 unspecified atom stereocenters. The number of aryl methyl sites for hydroxylation is 1. The summed E-state index contributed by atoms with van der Waals surface area (Å²) in [5.74, 6) is -0.553. The predicted molar refractivity (Wildman–Crippen MR) is 138 cm³/mol. The molecule has 4 rings (SSSR count). The number of piperazine rings is 1. The first kappa shape index (κ1) is 27.1. The van der Waals surface area contributed by atoms with Crippen LogP contribution >= 0.6 is 15.9 Å². The van der Waals surface area contributed by atoms with Gasteiger partial charge < -0.3 is 24.8 Å². The van der Waals surface area contributed by atoms with Crippen LogP contribution in [0.2, 0.25) is 0 Å². The van der Waals surface area contributed by atoms with E-state index in [-0.39, 0.29) is 36.3 Å². The summed E-state index contributed by atoms with van der Waals surface area (Å²) in [6, 6.07) is 2.83. The highest BCUT2D eigenvalue weighted by molar-refractivity contribution is 9.10. The lowest BCUT2D eigenvalue weighted by Gasteiger charge is -2.47.